The first kappa shape index (κ1) is 15.5. The summed E-state index contributed by atoms with van der Waals surface area (Å²) in [6.45, 7) is 5.42. The highest BCUT2D eigenvalue weighted by Crippen LogP contribution is 2.38. The van der Waals surface area contributed by atoms with E-state index in [4.69, 9.17) is 0 Å². The molecule has 0 saturated carbocycles. The van der Waals surface area contributed by atoms with E-state index < -0.39 is 0 Å². The lowest BCUT2D eigenvalue weighted by molar-refractivity contribution is 0.228. The van der Waals surface area contributed by atoms with Gasteiger partial charge in [0.2, 0.25) is 0 Å². The van der Waals surface area contributed by atoms with E-state index in [0.717, 1.165) is 31.4 Å². The monoisotopic (exact) mass is 443 g/mol. The minimum absolute atomic E-state index is 0.0683. The summed E-state index contributed by atoms with van der Waals surface area (Å²) in [6.07, 6.45) is 0. The smallest absolute Gasteiger partial charge is 0.286 e. The molecule has 17 heavy (non-hydrogen) atoms. The van der Waals surface area contributed by atoms with E-state index in [1.165, 1.54) is 11.8 Å². The molecule has 94 valence electrons. The number of amides is 1. The number of benzene rings is 1. The van der Waals surface area contributed by atoms with Gasteiger partial charge in [-0.1, -0.05) is 15.9 Å². The number of halogens is 3. The molecule has 0 unspecified atom stereocenters. The first-order chi connectivity index (χ1) is 7.99. The molecular weight excluding hydrogens is 434 g/mol. The molecule has 0 aliphatic carbocycles. The summed E-state index contributed by atoms with van der Waals surface area (Å²) < 4.78 is 2.78. The molecule has 0 aromatic heterocycles. The lowest BCUT2D eigenvalue weighted by Gasteiger charge is -2.18. The second-order valence-electron chi connectivity index (χ2n) is 3.24. The van der Waals surface area contributed by atoms with Gasteiger partial charge in [-0.3, -0.25) is 4.79 Å². The van der Waals surface area contributed by atoms with Crippen LogP contribution in [0.5, 0.6) is 0 Å². The maximum absolute atomic E-state index is 12.0. The van der Waals surface area contributed by atoms with E-state index in [9.17, 15) is 4.79 Å². The van der Waals surface area contributed by atoms with Gasteiger partial charge in [-0.15, -0.1) is 0 Å². The third-order valence-corrected chi connectivity index (χ3v) is 5.48. The average Bonchev–Trinajstić information content (AvgIpc) is 2.25. The third-order valence-electron chi connectivity index (χ3n) is 2.17. The predicted molar refractivity (Wildman–Crippen MR) is 83.7 cm³/mol. The Morgan fingerprint density at radius 2 is 1.65 bits per heavy atom. The molecule has 2 nitrogen and oxygen atoms in total. The van der Waals surface area contributed by atoms with Gasteiger partial charge in [0, 0.05) is 31.4 Å². The second kappa shape index (κ2) is 7.16. The van der Waals surface area contributed by atoms with Gasteiger partial charge in [-0.2, -0.15) is 0 Å². The summed E-state index contributed by atoms with van der Waals surface area (Å²) in [7, 11) is 0. The van der Waals surface area contributed by atoms with Crippen LogP contribution >= 0.6 is 59.6 Å². The molecule has 0 N–H and O–H groups in total. The van der Waals surface area contributed by atoms with E-state index >= 15 is 0 Å². The minimum atomic E-state index is 0.0683. The summed E-state index contributed by atoms with van der Waals surface area (Å²) in [4.78, 5) is 14.7. The zero-order chi connectivity index (χ0) is 13.0. The zero-order valence-corrected chi connectivity index (χ0v) is 15.0. The van der Waals surface area contributed by atoms with E-state index in [-0.39, 0.29) is 5.24 Å². The van der Waals surface area contributed by atoms with Gasteiger partial charge in [-0.05, 0) is 69.6 Å². The summed E-state index contributed by atoms with van der Waals surface area (Å²) in [6, 6.07) is 3.87. The van der Waals surface area contributed by atoms with Crippen molar-refractivity contribution in [1.82, 2.24) is 4.90 Å². The molecule has 0 spiro atoms. The second-order valence-corrected chi connectivity index (χ2v) is 6.82. The lowest BCUT2D eigenvalue weighted by Crippen LogP contribution is -2.26. The largest absolute Gasteiger partial charge is 0.334 e. The minimum Gasteiger partial charge on any atom is -0.334 e. The quantitative estimate of drug-likeness (QED) is 0.570. The van der Waals surface area contributed by atoms with Gasteiger partial charge in [0.1, 0.15) is 0 Å². The highest BCUT2D eigenvalue weighted by atomic mass is 79.9. The fourth-order valence-corrected chi connectivity index (χ4v) is 4.88. The average molecular weight is 446 g/mol. The maximum atomic E-state index is 12.0. The van der Waals surface area contributed by atoms with Gasteiger partial charge >= 0.3 is 0 Å². The van der Waals surface area contributed by atoms with Crippen molar-refractivity contribution >= 4 is 64.8 Å². The van der Waals surface area contributed by atoms with Crippen LogP contribution in [0.25, 0.3) is 0 Å². The van der Waals surface area contributed by atoms with Crippen molar-refractivity contribution in [3.63, 3.8) is 0 Å². The van der Waals surface area contributed by atoms with Crippen molar-refractivity contribution in [2.24, 2.45) is 0 Å². The van der Waals surface area contributed by atoms with Crippen LogP contribution in [-0.2, 0) is 0 Å². The molecule has 0 fully saturated rings. The van der Waals surface area contributed by atoms with Crippen molar-refractivity contribution < 1.29 is 4.79 Å². The molecule has 1 aromatic rings. The number of hydrogen-bond acceptors (Lipinski definition) is 2. The van der Waals surface area contributed by atoms with Gasteiger partial charge in [-0.25, -0.2) is 0 Å². The summed E-state index contributed by atoms with van der Waals surface area (Å²) in [5.74, 6) is 0. The molecule has 0 saturated heterocycles. The molecule has 0 bridgehead atoms. The molecule has 6 heteroatoms. The number of carbonyl (C=O) groups excluding carboxylic acids is 1. The Morgan fingerprint density at radius 1 is 1.18 bits per heavy atom. The van der Waals surface area contributed by atoms with Gasteiger partial charge in [0.15, 0.2) is 0 Å². The Morgan fingerprint density at radius 3 is 2.06 bits per heavy atom. The van der Waals surface area contributed by atoms with Crippen LogP contribution in [0.4, 0.5) is 4.79 Å². The molecule has 0 radical (unpaired) electrons. The molecule has 1 aromatic carbocycles. The molecule has 0 atom stereocenters. The van der Waals surface area contributed by atoms with Crippen molar-refractivity contribution in [1.29, 1.82) is 0 Å². The fraction of sp³-hybridized carbons (Fsp3) is 0.364. The van der Waals surface area contributed by atoms with Crippen molar-refractivity contribution in [2.75, 3.05) is 13.1 Å². The molecular formula is C11H12Br3NOS. The van der Waals surface area contributed by atoms with Crippen LogP contribution in [0, 0.1) is 0 Å². The van der Waals surface area contributed by atoms with E-state index in [0.29, 0.717) is 0 Å². The van der Waals surface area contributed by atoms with Crippen LogP contribution in [-0.4, -0.2) is 23.2 Å². The Balaban J connectivity index is 2.92. The lowest BCUT2D eigenvalue weighted by atomic mass is 10.4. The summed E-state index contributed by atoms with van der Waals surface area (Å²) in [5, 5.41) is 0.0683. The maximum Gasteiger partial charge on any atom is 0.286 e. The molecule has 0 aliphatic heterocycles. The van der Waals surface area contributed by atoms with Gasteiger partial charge < -0.3 is 4.90 Å². The Labute approximate surface area is 131 Å². The highest BCUT2D eigenvalue weighted by Gasteiger charge is 2.16. The fourth-order valence-electron chi connectivity index (χ4n) is 1.26. The van der Waals surface area contributed by atoms with E-state index in [2.05, 4.69) is 47.8 Å². The van der Waals surface area contributed by atoms with Crippen LogP contribution in [0.2, 0.25) is 0 Å². The summed E-state index contributed by atoms with van der Waals surface area (Å²) in [5.41, 5.74) is 0. The Bertz CT molecular complexity index is 398. The van der Waals surface area contributed by atoms with Crippen LogP contribution < -0.4 is 0 Å². The third kappa shape index (κ3) is 4.26. The SMILES string of the molecule is CCN(CC)C(=O)Sc1c(Br)cc(Br)cc1Br. The van der Waals surface area contributed by atoms with Crippen LogP contribution in [0.15, 0.2) is 30.4 Å². The number of rotatable bonds is 3. The Kier molecular flexibility index (Phi) is 6.55. The topological polar surface area (TPSA) is 20.3 Å². The first-order valence-corrected chi connectivity index (χ1v) is 8.30. The molecule has 1 amide bonds. The molecule has 0 heterocycles. The van der Waals surface area contributed by atoms with Crippen LogP contribution in [0.1, 0.15) is 13.8 Å². The van der Waals surface area contributed by atoms with Crippen molar-refractivity contribution in [3.05, 3.63) is 25.6 Å². The van der Waals surface area contributed by atoms with Gasteiger partial charge in [0.05, 0.1) is 0 Å². The Hall–Kier alpha value is 0.480. The zero-order valence-electron chi connectivity index (χ0n) is 9.47. The highest BCUT2D eigenvalue weighted by molar-refractivity contribution is 9.11. The normalized spacial score (nSPS) is 10.4. The number of carbonyl (C=O) groups is 1. The van der Waals surface area contributed by atoms with Crippen molar-refractivity contribution in [2.45, 2.75) is 18.7 Å². The molecule has 1 rings (SSSR count). The predicted octanol–water partition coefficient (Wildman–Crippen LogP) is 5.53. The van der Waals surface area contributed by atoms with E-state index in [1.54, 1.807) is 4.90 Å². The number of thioether (sulfide) groups is 1. The number of nitrogens with zero attached hydrogens (tertiary/aromatic N) is 1. The number of hydrogen-bond donors (Lipinski definition) is 0. The first-order valence-electron chi connectivity index (χ1n) is 5.10. The standard InChI is InChI=1S/C11H12Br3NOS/c1-3-15(4-2)11(16)17-10-8(13)5-7(12)6-9(10)14/h5-6H,3-4H2,1-2H3. The van der Waals surface area contributed by atoms with Crippen molar-refractivity contribution in [3.8, 4) is 0 Å². The summed E-state index contributed by atoms with van der Waals surface area (Å²) >= 11 is 11.6. The molecule has 0 aliphatic rings. The van der Waals surface area contributed by atoms with Crippen LogP contribution in [0.3, 0.4) is 0 Å². The van der Waals surface area contributed by atoms with E-state index in [1.807, 2.05) is 26.0 Å². The van der Waals surface area contributed by atoms with Gasteiger partial charge in [0.25, 0.3) is 5.24 Å².